The minimum absolute atomic E-state index is 0.0372. The van der Waals surface area contributed by atoms with Crippen molar-refractivity contribution in [1.29, 1.82) is 0 Å². The summed E-state index contributed by atoms with van der Waals surface area (Å²) in [6.07, 6.45) is 0. The van der Waals surface area contributed by atoms with E-state index >= 15 is 0 Å². The van der Waals surface area contributed by atoms with Gasteiger partial charge in [-0.2, -0.15) is 0 Å². The molecule has 0 aliphatic carbocycles. The number of phenols is 1. The molecule has 1 amide bonds. The second-order valence-corrected chi connectivity index (χ2v) is 3.59. The fourth-order valence-corrected chi connectivity index (χ4v) is 1.16. The van der Waals surface area contributed by atoms with E-state index in [4.69, 9.17) is 0 Å². The summed E-state index contributed by atoms with van der Waals surface area (Å²) >= 11 is 0. The maximum absolute atomic E-state index is 11.5. The van der Waals surface area contributed by atoms with Gasteiger partial charge in [-0.25, -0.2) is 0 Å². The van der Waals surface area contributed by atoms with E-state index in [9.17, 15) is 20.0 Å². The number of nitrogens with zero attached hydrogens (tertiary/aromatic N) is 1. The smallest absolute Gasteiger partial charge is 0.310 e. The van der Waals surface area contributed by atoms with Gasteiger partial charge in [0.2, 0.25) is 0 Å². The van der Waals surface area contributed by atoms with E-state index in [1.807, 2.05) is 0 Å². The standard InChI is InChI=1S/C10H12N2O4/c1-6(2)11-10(14)7-3-4-8(12(15)16)9(13)5-7/h3-6,13H,1-2H3,(H,11,14). The van der Waals surface area contributed by atoms with Crippen LogP contribution in [0, 0.1) is 10.1 Å². The highest BCUT2D eigenvalue weighted by molar-refractivity contribution is 5.95. The molecule has 6 heteroatoms. The fourth-order valence-electron chi connectivity index (χ4n) is 1.16. The molecule has 16 heavy (non-hydrogen) atoms. The Morgan fingerprint density at radius 3 is 2.56 bits per heavy atom. The van der Waals surface area contributed by atoms with Crippen molar-refractivity contribution in [2.45, 2.75) is 19.9 Å². The van der Waals surface area contributed by atoms with Gasteiger partial charge in [0.05, 0.1) is 4.92 Å². The molecule has 86 valence electrons. The molecule has 0 unspecified atom stereocenters. The predicted molar refractivity (Wildman–Crippen MR) is 57.4 cm³/mol. The van der Waals surface area contributed by atoms with Gasteiger partial charge in [-0.3, -0.25) is 14.9 Å². The van der Waals surface area contributed by atoms with Crippen molar-refractivity contribution in [3.05, 3.63) is 33.9 Å². The lowest BCUT2D eigenvalue weighted by molar-refractivity contribution is -0.385. The number of rotatable bonds is 3. The first kappa shape index (κ1) is 12.0. The van der Waals surface area contributed by atoms with E-state index in [0.29, 0.717) is 0 Å². The highest BCUT2D eigenvalue weighted by Crippen LogP contribution is 2.26. The zero-order valence-electron chi connectivity index (χ0n) is 8.93. The molecule has 1 aromatic rings. The molecule has 0 spiro atoms. The van der Waals surface area contributed by atoms with E-state index in [-0.39, 0.29) is 17.5 Å². The third-order valence-electron chi connectivity index (χ3n) is 1.85. The van der Waals surface area contributed by atoms with Crippen molar-refractivity contribution < 1.29 is 14.8 Å². The second kappa shape index (κ2) is 4.61. The predicted octanol–water partition coefficient (Wildman–Crippen LogP) is 1.44. The van der Waals surface area contributed by atoms with Crippen LogP contribution in [0.2, 0.25) is 0 Å². The van der Waals surface area contributed by atoms with Crippen LogP contribution in [0.3, 0.4) is 0 Å². The molecule has 6 nitrogen and oxygen atoms in total. The number of aromatic hydroxyl groups is 1. The molecule has 1 rings (SSSR count). The number of carbonyl (C=O) groups is 1. The van der Waals surface area contributed by atoms with E-state index in [2.05, 4.69) is 5.32 Å². The van der Waals surface area contributed by atoms with Crippen LogP contribution in [0.4, 0.5) is 5.69 Å². The number of hydrogen-bond donors (Lipinski definition) is 2. The van der Waals surface area contributed by atoms with Crippen LogP contribution in [0.25, 0.3) is 0 Å². The van der Waals surface area contributed by atoms with Crippen LogP contribution in [-0.4, -0.2) is 22.0 Å². The Hall–Kier alpha value is -2.11. The molecule has 2 N–H and O–H groups in total. The molecule has 0 saturated heterocycles. The van der Waals surface area contributed by atoms with Gasteiger partial charge < -0.3 is 10.4 Å². The third-order valence-corrected chi connectivity index (χ3v) is 1.85. The Balaban J connectivity index is 2.97. The second-order valence-electron chi connectivity index (χ2n) is 3.59. The van der Waals surface area contributed by atoms with Gasteiger partial charge in [0.25, 0.3) is 5.91 Å². The molecule has 0 heterocycles. The molecule has 0 radical (unpaired) electrons. The van der Waals surface area contributed by atoms with Crippen molar-refractivity contribution >= 4 is 11.6 Å². The van der Waals surface area contributed by atoms with Gasteiger partial charge >= 0.3 is 5.69 Å². The molecular weight excluding hydrogens is 212 g/mol. The number of nitrogens with one attached hydrogen (secondary N) is 1. The first-order valence-electron chi connectivity index (χ1n) is 4.70. The van der Waals surface area contributed by atoms with Crippen LogP contribution in [0.1, 0.15) is 24.2 Å². The maximum atomic E-state index is 11.5. The van der Waals surface area contributed by atoms with E-state index in [0.717, 1.165) is 12.1 Å². The fraction of sp³-hybridized carbons (Fsp3) is 0.300. The monoisotopic (exact) mass is 224 g/mol. The Kier molecular flexibility index (Phi) is 3.44. The van der Waals surface area contributed by atoms with E-state index in [1.165, 1.54) is 6.07 Å². The molecule has 0 aliphatic rings. The number of phenolic OH excluding ortho intramolecular Hbond substituents is 1. The van der Waals surface area contributed by atoms with Gasteiger partial charge in [0, 0.05) is 17.7 Å². The Labute approximate surface area is 92.0 Å². The highest BCUT2D eigenvalue weighted by Gasteiger charge is 2.16. The number of hydrogen-bond acceptors (Lipinski definition) is 4. The summed E-state index contributed by atoms with van der Waals surface area (Å²) in [4.78, 5) is 21.2. The van der Waals surface area contributed by atoms with Crippen LogP contribution in [0.5, 0.6) is 5.75 Å². The topological polar surface area (TPSA) is 92.5 Å². The number of benzene rings is 1. The lowest BCUT2D eigenvalue weighted by Crippen LogP contribution is -2.29. The molecule has 1 aromatic carbocycles. The largest absolute Gasteiger partial charge is 0.502 e. The molecule has 0 atom stereocenters. The molecule has 0 aliphatic heterocycles. The number of carbonyl (C=O) groups excluding carboxylic acids is 1. The van der Waals surface area contributed by atoms with Crippen LogP contribution in [0.15, 0.2) is 18.2 Å². The van der Waals surface area contributed by atoms with Crippen LogP contribution < -0.4 is 5.32 Å². The Morgan fingerprint density at radius 1 is 1.50 bits per heavy atom. The van der Waals surface area contributed by atoms with Crippen molar-refractivity contribution in [3.63, 3.8) is 0 Å². The van der Waals surface area contributed by atoms with Crippen LogP contribution >= 0.6 is 0 Å². The molecule has 0 bridgehead atoms. The van der Waals surface area contributed by atoms with Gasteiger partial charge in [0.1, 0.15) is 0 Å². The molecular formula is C10H12N2O4. The van der Waals surface area contributed by atoms with Crippen LogP contribution in [-0.2, 0) is 0 Å². The Bertz CT molecular complexity index is 429. The van der Waals surface area contributed by atoms with E-state index < -0.39 is 16.4 Å². The first-order chi connectivity index (χ1) is 7.41. The number of nitro benzene ring substituents is 1. The lowest BCUT2D eigenvalue weighted by Gasteiger charge is -2.08. The summed E-state index contributed by atoms with van der Waals surface area (Å²) < 4.78 is 0. The summed E-state index contributed by atoms with van der Waals surface area (Å²) in [7, 11) is 0. The minimum atomic E-state index is -0.709. The van der Waals surface area contributed by atoms with Crippen molar-refractivity contribution in [3.8, 4) is 5.75 Å². The van der Waals surface area contributed by atoms with Gasteiger partial charge in [-0.15, -0.1) is 0 Å². The maximum Gasteiger partial charge on any atom is 0.310 e. The highest BCUT2D eigenvalue weighted by atomic mass is 16.6. The van der Waals surface area contributed by atoms with Crippen molar-refractivity contribution in [1.82, 2.24) is 5.32 Å². The van der Waals surface area contributed by atoms with Gasteiger partial charge in [0.15, 0.2) is 5.75 Å². The summed E-state index contributed by atoms with van der Waals surface area (Å²) in [5.74, 6) is -0.887. The average molecular weight is 224 g/mol. The van der Waals surface area contributed by atoms with E-state index in [1.54, 1.807) is 13.8 Å². The zero-order valence-corrected chi connectivity index (χ0v) is 8.93. The molecule has 0 fully saturated rings. The number of nitro groups is 1. The SMILES string of the molecule is CC(C)NC(=O)c1ccc([N+](=O)[O-])c(O)c1. The summed E-state index contributed by atoms with van der Waals surface area (Å²) in [6.45, 7) is 3.59. The minimum Gasteiger partial charge on any atom is -0.502 e. The van der Waals surface area contributed by atoms with Gasteiger partial charge in [-0.1, -0.05) is 0 Å². The molecule has 0 saturated carbocycles. The Morgan fingerprint density at radius 2 is 2.12 bits per heavy atom. The first-order valence-corrected chi connectivity index (χ1v) is 4.70. The summed E-state index contributed by atoms with van der Waals surface area (Å²) in [5.41, 5.74) is -0.224. The zero-order chi connectivity index (χ0) is 12.3. The quantitative estimate of drug-likeness (QED) is 0.600. The summed E-state index contributed by atoms with van der Waals surface area (Å²) in [6, 6.07) is 3.44. The third kappa shape index (κ3) is 2.69. The normalized spacial score (nSPS) is 10.2. The average Bonchev–Trinajstić information content (AvgIpc) is 2.15. The lowest BCUT2D eigenvalue weighted by atomic mass is 10.1. The number of amides is 1. The summed E-state index contributed by atoms with van der Waals surface area (Å²) in [5, 5.41) is 22.4. The van der Waals surface area contributed by atoms with Gasteiger partial charge in [-0.05, 0) is 26.0 Å². The van der Waals surface area contributed by atoms with Crippen molar-refractivity contribution in [2.24, 2.45) is 0 Å². The van der Waals surface area contributed by atoms with Crippen molar-refractivity contribution in [2.75, 3.05) is 0 Å². The molecule has 0 aromatic heterocycles.